The fourth-order valence-corrected chi connectivity index (χ4v) is 1.82. The first-order valence-corrected chi connectivity index (χ1v) is 6.80. The predicted molar refractivity (Wildman–Crippen MR) is 76.1 cm³/mol. The Morgan fingerprint density at radius 2 is 2.17 bits per heavy atom. The molecular weight excluding hydrogens is 228 g/mol. The van der Waals surface area contributed by atoms with Gasteiger partial charge in [0.1, 0.15) is 0 Å². The molecule has 0 atom stereocenters. The van der Waals surface area contributed by atoms with Crippen LogP contribution in [0.3, 0.4) is 0 Å². The van der Waals surface area contributed by atoms with Crippen molar-refractivity contribution in [3.63, 3.8) is 0 Å². The van der Waals surface area contributed by atoms with Crippen LogP contribution in [0.1, 0.15) is 13.3 Å². The molecule has 18 heavy (non-hydrogen) atoms. The van der Waals surface area contributed by atoms with E-state index in [1.54, 1.807) is 0 Å². The summed E-state index contributed by atoms with van der Waals surface area (Å²) in [4.78, 5) is 6.96. The fourth-order valence-electron chi connectivity index (χ4n) is 1.82. The minimum atomic E-state index is 0.745. The number of hydrogen-bond donors (Lipinski definition) is 2. The molecule has 0 radical (unpaired) electrons. The molecule has 0 amide bonds. The summed E-state index contributed by atoms with van der Waals surface area (Å²) >= 11 is 0. The van der Waals surface area contributed by atoms with E-state index in [2.05, 4.69) is 34.0 Å². The van der Waals surface area contributed by atoms with Crippen molar-refractivity contribution in [2.75, 3.05) is 52.5 Å². The maximum Gasteiger partial charge on any atom is 0.191 e. The molecule has 1 saturated heterocycles. The van der Waals surface area contributed by atoms with Crippen molar-refractivity contribution in [2.24, 2.45) is 4.99 Å². The third-order valence-corrected chi connectivity index (χ3v) is 2.76. The number of morpholine rings is 1. The van der Waals surface area contributed by atoms with Crippen LogP contribution in [0.5, 0.6) is 0 Å². The van der Waals surface area contributed by atoms with Crippen molar-refractivity contribution < 1.29 is 4.74 Å². The third-order valence-electron chi connectivity index (χ3n) is 2.76. The van der Waals surface area contributed by atoms with Crippen LogP contribution in [0.2, 0.25) is 0 Å². The molecule has 1 aliphatic heterocycles. The summed E-state index contributed by atoms with van der Waals surface area (Å²) in [6, 6.07) is 0. The second-order valence-electron chi connectivity index (χ2n) is 4.24. The number of guanidine groups is 1. The van der Waals surface area contributed by atoms with Crippen LogP contribution >= 0.6 is 0 Å². The lowest BCUT2D eigenvalue weighted by Gasteiger charge is -2.26. The average Bonchev–Trinajstić information content (AvgIpc) is 2.42. The highest BCUT2D eigenvalue weighted by Crippen LogP contribution is 1.97. The summed E-state index contributed by atoms with van der Waals surface area (Å²) in [5.74, 6) is 0.874. The molecule has 0 spiro atoms. The van der Waals surface area contributed by atoms with Crippen LogP contribution in [0, 0.1) is 0 Å². The van der Waals surface area contributed by atoms with Crippen molar-refractivity contribution in [1.29, 1.82) is 0 Å². The molecule has 0 aromatic heterocycles. The fraction of sp³-hybridized carbons (Fsp3) is 0.769. The van der Waals surface area contributed by atoms with Crippen LogP contribution < -0.4 is 10.6 Å². The highest BCUT2D eigenvalue weighted by molar-refractivity contribution is 5.79. The standard InChI is InChI=1S/C13H26N4O/c1-3-6-15-13(14-4-2)16-7-5-8-17-9-11-18-12-10-17/h3H,1,4-12H2,2H3,(H2,14,15,16). The molecule has 0 saturated carbocycles. The Balaban J connectivity index is 2.16. The molecule has 0 unspecified atom stereocenters. The molecule has 0 bridgehead atoms. The molecule has 1 aliphatic rings. The van der Waals surface area contributed by atoms with Gasteiger partial charge in [0.25, 0.3) is 0 Å². The maximum atomic E-state index is 5.32. The van der Waals surface area contributed by atoms with Gasteiger partial charge in [0.05, 0.1) is 13.2 Å². The summed E-state index contributed by atoms with van der Waals surface area (Å²) < 4.78 is 5.32. The summed E-state index contributed by atoms with van der Waals surface area (Å²) in [7, 11) is 0. The molecule has 5 heteroatoms. The first kappa shape index (κ1) is 15.0. The SMILES string of the molecule is C=CCNC(=NCCCN1CCOCC1)NCC. The van der Waals surface area contributed by atoms with Crippen LogP contribution in [0.25, 0.3) is 0 Å². The van der Waals surface area contributed by atoms with E-state index in [9.17, 15) is 0 Å². The van der Waals surface area contributed by atoms with E-state index >= 15 is 0 Å². The second kappa shape index (κ2) is 9.91. The van der Waals surface area contributed by atoms with E-state index in [-0.39, 0.29) is 0 Å². The van der Waals surface area contributed by atoms with Crippen molar-refractivity contribution in [2.45, 2.75) is 13.3 Å². The van der Waals surface area contributed by atoms with Gasteiger partial charge in [-0.05, 0) is 13.3 Å². The lowest BCUT2D eigenvalue weighted by atomic mass is 10.3. The van der Waals surface area contributed by atoms with Crippen LogP contribution in [-0.2, 0) is 4.74 Å². The number of hydrogen-bond acceptors (Lipinski definition) is 3. The van der Waals surface area contributed by atoms with Gasteiger partial charge in [0, 0.05) is 39.3 Å². The average molecular weight is 254 g/mol. The summed E-state index contributed by atoms with van der Waals surface area (Å²) in [5, 5.41) is 6.41. The molecule has 0 aromatic rings. The van der Waals surface area contributed by atoms with Crippen molar-refractivity contribution in [1.82, 2.24) is 15.5 Å². The van der Waals surface area contributed by atoms with E-state index in [4.69, 9.17) is 4.74 Å². The van der Waals surface area contributed by atoms with Gasteiger partial charge >= 0.3 is 0 Å². The number of rotatable bonds is 7. The zero-order valence-electron chi connectivity index (χ0n) is 11.5. The molecule has 1 heterocycles. The van der Waals surface area contributed by atoms with E-state index in [0.717, 1.165) is 64.9 Å². The number of aliphatic imine (C=N–C) groups is 1. The maximum absolute atomic E-state index is 5.32. The molecule has 1 rings (SSSR count). The van der Waals surface area contributed by atoms with Gasteiger partial charge in [-0.3, -0.25) is 9.89 Å². The van der Waals surface area contributed by atoms with E-state index in [1.165, 1.54) is 0 Å². The highest BCUT2D eigenvalue weighted by Gasteiger charge is 2.08. The van der Waals surface area contributed by atoms with Crippen LogP contribution in [0.15, 0.2) is 17.6 Å². The molecule has 104 valence electrons. The largest absolute Gasteiger partial charge is 0.379 e. The number of nitrogens with one attached hydrogen (secondary N) is 2. The minimum absolute atomic E-state index is 0.745. The molecule has 0 aromatic carbocycles. The molecule has 0 aliphatic carbocycles. The van der Waals surface area contributed by atoms with Gasteiger partial charge in [-0.2, -0.15) is 0 Å². The number of nitrogens with zero attached hydrogens (tertiary/aromatic N) is 2. The Morgan fingerprint density at radius 3 is 2.83 bits per heavy atom. The summed E-state index contributed by atoms with van der Waals surface area (Å²) in [5.41, 5.74) is 0. The van der Waals surface area contributed by atoms with E-state index in [1.807, 2.05) is 6.08 Å². The van der Waals surface area contributed by atoms with Gasteiger partial charge in [-0.1, -0.05) is 6.08 Å². The summed E-state index contributed by atoms with van der Waals surface area (Å²) in [6.45, 7) is 13.2. The minimum Gasteiger partial charge on any atom is -0.379 e. The Hall–Kier alpha value is -1.07. The monoisotopic (exact) mass is 254 g/mol. The Labute approximate surface area is 110 Å². The van der Waals surface area contributed by atoms with Gasteiger partial charge in [-0.15, -0.1) is 6.58 Å². The smallest absolute Gasteiger partial charge is 0.191 e. The van der Waals surface area contributed by atoms with Crippen LogP contribution in [-0.4, -0.2) is 63.3 Å². The quantitative estimate of drug-likeness (QED) is 0.300. The summed E-state index contributed by atoms with van der Waals surface area (Å²) in [6.07, 6.45) is 2.92. The molecule has 1 fully saturated rings. The van der Waals surface area contributed by atoms with Crippen molar-refractivity contribution in [3.05, 3.63) is 12.7 Å². The van der Waals surface area contributed by atoms with Crippen molar-refractivity contribution >= 4 is 5.96 Å². The first-order chi connectivity index (χ1) is 8.86. The van der Waals surface area contributed by atoms with E-state index in [0.29, 0.717) is 0 Å². The number of ether oxygens (including phenoxy) is 1. The Kier molecular flexibility index (Phi) is 8.25. The lowest BCUT2D eigenvalue weighted by Crippen LogP contribution is -2.38. The van der Waals surface area contributed by atoms with Gasteiger partial charge < -0.3 is 15.4 Å². The van der Waals surface area contributed by atoms with Gasteiger partial charge in [0.2, 0.25) is 0 Å². The van der Waals surface area contributed by atoms with E-state index < -0.39 is 0 Å². The lowest BCUT2D eigenvalue weighted by molar-refractivity contribution is 0.0377. The van der Waals surface area contributed by atoms with Gasteiger partial charge in [0.15, 0.2) is 5.96 Å². The van der Waals surface area contributed by atoms with Gasteiger partial charge in [-0.25, -0.2) is 0 Å². The third kappa shape index (κ3) is 6.61. The predicted octanol–water partition coefficient (Wildman–Crippen LogP) is 0.450. The normalized spacial score (nSPS) is 17.5. The van der Waals surface area contributed by atoms with Crippen LogP contribution in [0.4, 0.5) is 0 Å². The molecule has 2 N–H and O–H groups in total. The molecule has 5 nitrogen and oxygen atoms in total. The zero-order valence-corrected chi connectivity index (χ0v) is 11.5. The van der Waals surface area contributed by atoms with Crippen molar-refractivity contribution in [3.8, 4) is 0 Å². The Bertz CT molecular complexity index is 249. The topological polar surface area (TPSA) is 48.9 Å². The first-order valence-electron chi connectivity index (χ1n) is 6.80. The highest BCUT2D eigenvalue weighted by atomic mass is 16.5. The zero-order chi connectivity index (χ0) is 13.1. The molecular formula is C13H26N4O. The second-order valence-corrected chi connectivity index (χ2v) is 4.24. The Morgan fingerprint density at radius 1 is 1.39 bits per heavy atom.